The second-order valence-electron chi connectivity index (χ2n) is 7.27. The van der Waals surface area contributed by atoms with Gasteiger partial charge in [0.25, 0.3) is 0 Å². The van der Waals surface area contributed by atoms with E-state index in [4.69, 9.17) is 9.47 Å². The molecule has 0 fully saturated rings. The van der Waals surface area contributed by atoms with Gasteiger partial charge in [-0.25, -0.2) is 0 Å². The molecular weight excluding hydrogens is 378 g/mol. The number of methoxy groups -OCH3 is 2. The fourth-order valence-electron chi connectivity index (χ4n) is 4.05. The quantitative estimate of drug-likeness (QED) is 0.429. The van der Waals surface area contributed by atoms with Gasteiger partial charge in [0.1, 0.15) is 0 Å². The molecule has 0 saturated heterocycles. The van der Waals surface area contributed by atoms with E-state index >= 15 is 0 Å². The van der Waals surface area contributed by atoms with Crippen LogP contribution in [0, 0.1) is 12.8 Å². The van der Waals surface area contributed by atoms with Crippen LogP contribution in [0.3, 0.4) is 0 Å². The maximum absolute atomic E-state index is 12.7. The van der Waals surface area contributed by atoms with Crippen LogP contribution in [0.1, 0.15) is 41.4 Å². The van der Waals surface area contributed by atoms with Crippen LogP contribution in [0.4, 0.5) is 0 Å². The van der Waals surface area contributed by atoms with Crippen molar-refractivity contribution in [2.75, 3.05) is 14.2 Å². The molecule has 1 heterocycles. The van der Waals surface area contributed by atoms with E-state index < -0.39 is 23.8 Å². The van der Waals surface area contributed by atoms with E-state index in [1.165, 1.54) is 14.2 Å². The van der Waals surface area contributed by atoms with Crippen molar-refractivity contribution in [3.05, 3.63) is 95.3 Å². The van der Waals surface area contributed by atoms with Crippen LogP contribution in [-0.2, 0) is 19.1 Å². The topological polar surface area (TPSA) is 57.5 Å². The summed E-state index contributed by atoms with van der Waals surface area (Å²) in [7, 11) is 2.58. The minimum Gasteiger partial charge on any atom is -0.468 e. The Hall–Kier alpha value is -3.34. The minimum absolute atomic E-state index is 0.0124. The molecule has 0 aliphatic carbocycles. The van der Waals surface area contributed by atoms with E-state index in [-0.39, 0.29) is 6.04 Å². The number of rotatable bonds is 7. The van der Waals surface area contributed by atoms with Crippen LogP contribution in [0.2, 0.25) is 0 Å². The van der Waals surface area contributed by atoms with Gasteiger partial charge in [-0.2, -0.15) is 0 Å². The van der Waals surface area contributed by atoms with Gasteiger partial charge in [0.2, 0.25) is 0 Å². The molecule has 0 radical (unpaired) electrons. The maximum Gasteiger partial charge on any atom is 0.321 e. The Morgan fingerprint density at radius 1 is 0.767 bits per heavy atom. The van der Waals surface area contributed by atoms with Crippen molar-refractivity contribution in [2.24, 2.45) is 5.92 Å². The molecular formula is C25H27NO4. The molecule has 3 aromatic rings. The first-order valence-electron chi connectivity index (χ1n) is 9.92. The summed E-state index contributed by atoms with van der Waals surface area (Å²) in [5.74, 6) is -2.90. The van der Waals surface area contributed by atoms with Crippen LogP contribution >= 0.6 is 0 Å². The number of aryl methyl sites for hydroxylation is 1. The summed E-state index contributed by atoms with van der Waals surface area (Å²) in [6.07, 6.45) is 0. The molecule has 0 amide bonds. The molecule has 0 aliphatic rings. The van der Waals surface area contributed by atoms with Crippen molar-refractivity contribution in [2.45, 2.75) is 25.8 Å². The number of aromatic nitrogens is 1. The molecule has 5 heteroatoms. The molecule has 2 aromatic carbocycles. The zero-order chi connectivity index (χ0) is 21.7. The number of ether oxygens (including phenoxy) is 2. The van der Waals surface area contributed by atoms with Gasteiger partial charge in [0.05, 0.1) is 20.3 Å². The zero-order valence-electron chi connectivity index (χ0n) is 17.7. The Morgan fingerprint density at radius 3 is 1.77 bits per heavy atom. The maximum atomic E-state index is 12.7. The Morgan fingerprint density at radius 2 is 1.27 bits per heavy atom. The first kappa shape index (κ1) is 21.4. The van der Waals surface area contributed by atoms with Crippen molar-refractivity contribution in [3.63, 3.8) is 0 Å². The second kappa shape index (κ2) is 9.44. The lowest BCUT2D eigenvalue weighted by Gasteiger charge is -2.28. The number of nitrogens with zero attached hydrogens (tertiary/aromatic N) is 1. The summed E-state index contributed by atoms with van der Waals surface area (Å²) in [4.78, 5) is 25.5. The van der Waals surface area contributed by atoms with E-state index in [1.54, 1.807) is 0 Å². The molecule has 0 unspecified atom stereocenters. The SMILES string of the molecule is COC(=O)C(C(=O)OC)[C@@H](c1ccccc1)c1ccc(C)n1[C@H](C)c1ccccc1. The second-order valence-corrected chi connectivity index (χ2v) is 7.27. The third-order valence-corrected chi connectivity index (χ3v) is 5.54. The van der Waals surface area contributed by atoms with Gasteiger partial charge in [0, 0.05) is 17.3 Å². The van der Waals surface area contributed by atoms with Crippen molar-refractivity contribution in [1.82, 2.24) is 4.57 Å². The smallest absolute Gasteiger partial charge is 0.321 e. The highest BCUT2D eigenvalue weighted by Gasteiger charge is 2.40. The number of carbonyl (C=O) groups excluding carboxylic acids is 2. The average molecular weight is 405 g/mol. The fraction of sp³-hybridized carbons (Fsp3) is 0.280. The Bertz CT molecular complexity index is 979. The van der Waals surface area contributed by atoms with Crippen LogP contribution in [0.25, 0.3) is 0 Å². The van der Waals surface area contributed by atoms with Crippen molar-refractivity contribution in [3.8, 4) is 0 Å². The lowest BCUT2D eigenvalue weighted by Crippen LogP contribution is -2.34. The summed E-state index contributed by atoms with van der Waals surface area (Å²) in [6.45, 7) is 4.13. The van der Waals surface area contributed by atoms with Crippen molar-refractivity contribution in [1.29, 1.82) is 0 Å². The number of hydrogen-bond acceptors (Lipinski definition) is 4. The van der Waals surface area contributed by atoms with Crippen molar-refractivity contribution < 1.29 is 19.1 Å². The highest BCUT2D eigenvalue weighted by molar-refractivity contribution is 5.96. The lowest BCUT2D eigenvalue weighted by molar-refractivity contribution is -0.159. The average Bonchev–Trinajstić information content (AvgIpc) is 3.17. The zero-order valence-corrected chi connectivity index (χ0v) is 17.7. The van der Waals surface area contributed by atoms with Gasteiger partial charge < -0.3 is 14.0 Å². The number of hydrogen-bond donors (Lipinski definition) is 0. The van der Waals surface area contributed by atoms with Crippen LogP contribution < -0.4 is 0 Å². The van der Waals surface area contributed by atoms with Crippen LogP contribution in [-0.4, -0.2) is 30.7 Å². The van der Waals surface area contributed by atoms with Gasteiger partial charge in [-0.05, 0) is 37.1 Å². The Kier molecular flexibility index (Phi) is 6.72. The molecule has 0 aliphatic heterocycles. The third kappa shape index (κ3) is 4.15. The van der Waals surface area contributed by atoms with Gasteiger partial charge in [-0.3, -0.25) is 9.59 Å². The number of esters is 2. The number of carbonyl (C=O) groups is 2. The molecule has 0 spiro atoms. The minimum atomic E-state index is -1.11. The van der Waals surface area contributed by atoms with Gasteiger partial charge in [-0.1, -0.05) is 60.7 Å². The molecule has 3 rings (SSSR count). The van der Waals surface area contributed by atoms with Crippen LogP contribution in [0.15, 0.2) is 72.8 Å². The lowest BCUT2D eigenvalue weighted by atomic mass is 9.83. The number of benzene rings is 2. The predicted molar refractivity (Wildman–Crippen MR) is 115 cm³/mol. The summed E-state index contributed by atoms with van der Waals surface area (Å²) in [5, 5.41) is 0. The van der Waals surface area contributed by atoms with E-state index in [0.717, 1.165) is 22.5 Å². The molecule has 1 aromatic heterocycles. The first-order valence-corrected chi connectivity index (χ1v) is 9.92. The molecule has 156 valence electrons. The molecule has 0 N–H and O–H groups in total. The van der Waals surface area contributed by atoms with E-state index in [1.807, 2.05) is 67.6 Å². The van der Waals surface area contributed by atoms with Crippen LogP contribution in [0.5, 0.6) is 0 Å². The van der Waals surface area contributed by atoms with Gasteiger partial charge >= 0.3 is 11.9 Å². The highest BCUT2D eigenvalue weighted by Crippen LogP contribution is 2.37. The van der Waals surface area contributed by atoms with E-state index in [2.05, 4.69) is 23.6 Å². The fourth-order valence-corrected chi connectivity index (χ4v) is 4.05. The highest BCUT2D eigenvalue weighted by atomic mass is 16.5. The molecule has 0 bridgehead atoms. The first-order chi connectivity index (χ1) is 14.5. The summed E-state index contributed by atoms with van der Waals surface area (Å²) < 4.78 is 12.2. The molecule has 0 saturated carbocycles. The Labute approximate surface area is 177 Å². The van der Waals surface area contributed by atoms with E-state index in [9.17, 15) is 9.59 Å². The normalized spacial score (nSPS) is 13.0. The van der Waals surface area contributed by atoms with Gasteiger partial charge in [0.15, 0.2) is 5.92 Å². The monoisotopic (exact) mass is 405 g/mol. The standard InChI is InChI=1S/C25H27NO4/c1-17-15-16-21(26(17)18(2)19-11-7-5-8-12-19)22(20-13-9-6-10-14-20)23(24(27)29-3)25(28)30-4/h5-16,18,22-23H,1-4H3/t18-,22+/m1/s1. The molecule has 30 heavy (non-hydrogen) atoms. The summed E-state index contributed by atoms with van der Waals surface area (Å²) in [6, 6.07) is 23.7. The summed E-state index contributed by atoms with van der Waals surface area (Å²) >= 11 is 0. The Balaban J connectivity index is 2.21. The third-order valence-electron chi connectivity index (χ3n) is 5.54. The van der Waals surface area contributed by atoms with Crippen molar-refractivity contribution >= 4 is 11.9 Å². The predicted octanol–water partition coefficient (Wildman–Crippen LogP) is 4.50. The molecule has 5 nitrogen and oxygen atoms in total. The summed E-state index contributed by atoms with van der Waals surface area (Å²) in [5.41, 5.74) is 3.88. The largest absolute Gasteiger partial charge is 0.468 e. The molecule has 2 atom stereocenters. The van der Waals surface area contributed by atoms with E-state index in [0.29, 0.717) is 0 Å². The van der Waals surface area contributed by atoms with Gasteiger partial charge in [-0.15, -0.1) is 0 Å².